The van der Waals surface area contributed by atoms with Gasteiger partial charge in [-0.3, -0.25) is 0 Å². The molecule has 0 N–H and O–H groups in total. The normalized spacial score (nSPS) is 25.2. The zero-order chi connectivity index (χ0) is 6.53. The molecule has 1 aliphatic rings. The average Bonchev–Trinajstić information content (AvgIpc) is 2.34. The van der Waals surface area contributed by atoms with E-state index >= 15 is 0 Å². The number of rotatable bonds is 3. The second kappa shape index (κ2) is 3.64. The molecule has 2 heteroatoms. The van der Waals surface area contributed by atoms with Gasteiger partial charge >= 0.3 is 0 Å². The smallest absolute Gasteiger partial charge is 0.177 e. The van der Waals surface area contributed by atoms with Crippen molar-refractivity contribution >= 4 is 0 Å². The molecule has 0 radical (unpaired) electrons. The van der Waals surface area contributed by atoms with E-state index in [1.165, 1.54) is 0 Å². The molecule has 0 bridgehead atoms. The van der Waals surface area contributed by atoms with Gasteiger partial charge in [-0.2, -0.15) is 0 Å². The highest BCUT2D eigenvalue weighted by Gasteiger charge is 2.07. The predicted molar refractivity (Wildman–Crippen MR) is 35.1 cm³/mol. The van der Waals surface area contributed by atoms with Crippen LogP contribution in [0.5, 0.6) is 0 Å². The van der Waals surface area contributed by atoms with Gasteiger partial charge in [0, 0.05) is 6.61 Å². The second-order valence-electron chi connectivity index (χ2n) is 2.00. The van der Waals surface area contributed by atoms with Crippen LogP contribution in [0.3, 0.4) is 0 Å². The first-order valence-electron chi connectivity index (χ1n) is 3.33. The van der Waals surface area contributed by atoms with Crippen molar-refractivity contribution in [2.75, 3.05) is 13.2 Å². The molecule has 0 saturated heterocycles. The van der Waals surface area contributed by atoms with Crippen molar-refractivity contribution in [1.29, 1.82) is 0 Å². The molecule has 1 heterocycles. The fourth-order valence-corrected chi connectivity index (χ4v) is 0.710. The summed E-state index contributed by atoms with van der Waals surface area (Å²) in [6.07, 6.45) is 4.90. The predicted octanol–water partition coefficient (Wildman–Crippen LogP) is 1.33. The topological polar surface area (TPSA) is 18.5 Å². The van der Waals surface area contributed by atoms with Gasteiger partial charge < -0.3 is 9.47 Å². The lowest BCUT2D eigenvalue weighted by Gasteiger charge is -2.07. The van der Waals surface area contributed by atoms with Gasteiger partial charge in [0.25, 0.3) is 0 Å². The van der Waals surface area contributed by atoms with E-state index in [-0.39, 0.29) is 6.29 Å². The molecule has 9 heavy (non-hydrogen) atoms. The molecular weight excluding hydrogens is 116 g/mol. The van der Waals surface area contributed by atoms with E-state index in [9.17, 15) is 0 Å². The van der Waals surface area contributed by atoms with E-state index in [0.717, 1.165) is 13.0 Å². The Morgan fingerprint density at radius 3 is 3.22 bits per heavy atom. The van der Waals surface area contributed by atoms with Crippen molar-refractivity contribution in [3.05, 3.63) is 12.2 Å². The molecule has 2 nitrogen and oxygen atoms in total. The van der Waals surface area contributed by atoms with E-state index in [2.05, 4.69) is 6.92 Å². The van der Waals surface area contributed by atoms with Crippen molar-refractivity contribution < 1.29 is 9.47 Å². The minimum atomic E-state index is -0.0649. The molecule has 1 rings (SSSR count). The lowest BCUT2D eigenvalue weighted by molar-refractivity contribution is -0.0913. The van der Waals surface area contributed by atoms with E-state index in [1.54, 1.807) is 0 Å². The molecule has 1 unspecified atom stereocenters. The van der Waals surface area contributed by atoms with Crippen LogP contribution < -0.4 is 0 Å². The first-order chi connectivity index (χ1) is 4.43. The number of hydrogen-bond donors (Lipinski definition) is 0. The van der Waals surface area contributed by atoms with E-state index < -0.39 is 0 Å². The monoisotopic (exact) mass is 128 g/mol. The van der Waals surface area contributed by atoms with E-state index in [4.69, 9.17) is 9.47 Å². The Balaban J connectivity index is 2.05. The molecular formula is C7H12O2. The highest BCUT2D eigenvalue weighted by Crippen LogP contribution is 2.04. The second-order valence-corrected chi connectivity index (χ2v) is 2.00. The summed E-state index contributed by atoms with van der Waals surface area (Å²) in [4.78, 5) is 0. The summed E-state index contributed by atoms with van der Waals surface area (Å²) in [5.41, 5.74) is 0. The third-order valence-corrected chi connectivity index (χ3v) is 1.14. The standard InChI is InChI=1S/C7H12O2/c1-2-5-8-7-4-3-6-9-7/h3-4,7H,2,5-6H2,1H3. The molecule has 1 aliphatic heterocycles. The Bertz CT molecular complexity index is 99.1. The van der Waals surface area contributed by atoms with Gasteiger partial charge in [-0.1, -0.05) is 13.0 Å². The summed E-state index contributed by atoms with van der Waals surface area (Å²) in [5.74, 6) is 0. The summed E-state index contributed by atoms with van der Waals surface area (Å²) < 4.78 is 10.4. The van der Waals surface area contributed by atoms with Gasteiger partial charge in [-0.05, 0) is 12.5 Å². The van der Waals surface area contributed by atoms with Gasteiger partial charge in [0.2, 0.25) is 0 Å². The van der Waals surface area contributed by atoms with Gasteiger partial charge in [0.15, 0.2) is 6.29 Å². The Morgan fingerprint density at radius 1 is 1.78 bits per heavy atom. The summed E-state index contributed by atoms with van der Waals surface area (Å²) in [6, 6.07) is 0. The summed E-state index contributed by atoms with van der Waals surface area (Å²) >= 11 is 0. The molecule has 0 aromatic heterocycles. The lowest BCUT2D eigenvalue weighted by Crippen LogP contribution is -2.10. The summed E-state index contributed by atoms with van der Waals surface area (Å²) in [5, 5.41) is 0. The van der Waals surface area contributed by atoms with Crippen LogP contribution in [0.1, 0.15) is 13.3 Å². The highest BCUT2D eigenvalue weighted by atomic mass is 16.7. The molecule has 52 valence electrons. The number of ether oxygens (including phenoxy) is 2. The van der Waals surface area contributed by atoms with Crippen molar-refractivity contribution in [2.24, 2.45) is 0 Å². The van der Waals surface area contributed by atoms with Crippen LogP contribution in [-0.4, -0.2) is 19.5 Å². The maximum absolute atomic E-state index is 5.24. The Hall–Kier alpha value is -0.340. The highest BCUT2D eigenvalue weighted by molar-refractivity contribution is 4.90. The lowest BCUT2D eigenvalue weighted by atomic mass is 10.5. The minimum absolute atomic E-state index is 0.0649. The van der Waals surface area contributed by atoms with Crippen LogP contribution in [0.2, 0.25) is 0 Å². The molecule has 0 aromatic rings. The summed E-state index contributed by atoms with van der Waals surface area (Å²) in [7, 11) is 0. The van der Waals surface area contributed by atoms with Gasteiger partial charge in [0.05, 0.1) is 6.61 Å². The fraction of sp³-hybridized carbons (Fsp3) is 0.714. The zero-order valence-corrected chi connectivity index (χ0v) is 5.67. The van der Waals surface area contributed by atoms with Crippen LogP contribution >= 0.6 is 0 Å². The van der Waals surface area contributed by atoms with Crippen molar-refractivity contribution in [2.45, 2.75) is 19.6 Å². The minimum Gasteiger partial charge on any atom is -0.349 e. The maximum atomic E-state index is 5.24. The van der Waals surface area contributed by atoms with Gasteiger partial charge in [-0.25, -0.2) is 0 Å². The largest absolute Gasteiger partial charge is 0.349 e. The number of hydrogen-bond acceptors (Lipinski definition) is 2. The zero-order valence-electron chi connectivity index (χ0n) is 5.67. The van der Waals surface area contributed by atoms with Crippen LogP contribution in [0.25, 0.3) is 0 Å². The Kier molecular flexibility index (Phi) is 2.74. The third-order valence-electron chi connectivity index (χ3n) is 1.14. The fourth-order valence-electron chi connectivity index (χ4n) is 0.710. The molecule has 0 spiro atoms. The molecule has 1 atom stereocenters. The molecule has 0 fully saturated rings. The molecule has 0 saturated carbocycles. The van der Waals surface area contributed by atoms with Crippen LogP contribution in [-0.2, 0) is 9.47 Å². The van der Waals surface area contributed by atoms with Crippen LogP contribution in [0, 0.1) is 0 Å². The van der Waals surface area contributed by atoms with Gasteiger partial charge in [-0.15, -0.1) is 0 Å². The molecule has 0 aliphatic carbocycles. The Labute approximate surface area is 55.5 Å². The average molecular weight is 128 g/mol. The first-order valence-corrected chi connectivity index (χ1v) is 3.33. The van der Waals surface area contributed by atoms with Crippen molar-refractivity contribution in [3.63, 3.8) is 0 Å². The maximum Gasteiger partial charge on any atom is 0.177 e. The van der Waals surface area contributed by atoms with Crippen molar-refractivity contribution in [3.8, 4) is 0 Å². The van der Waals surface area contributed by atoms with Crippen molar-refractivity contribution in [1.82, 2.24) is 0 Å². The van der Waals surface area contributed by atoms with Gasteiger partial charge in [0.1, 0.15) is 0 Å². The third kappa shape index (κ3) is 2.16. The molecule has 0 amide bonds. The first kappa shape index (κ1) is 6.78. The summed E-state index contributed by atoms with van der Waals surface area (Å²) in [6.45, 7) is 3.57. The van der Waals surface area contributed by atoms with E-state index in [0.29, 0.717) is 6.61 Å². The van der Waals surface area contributed by atoms with E-state index in [1.807, 2.05) is 12.2 Å². The van der Waals surface area contributed by atoms with Crippen LogP contribution in [0.15, 0.2) is 12.2 Å². The Morgan fingerprint density at radius 2 is 2.67 bits per heavy atom. The quantitative estimate of drug-likeness (QED) is 0.534. The van der Waals surface area contributed by atoms with Crippen LogP contribution in [0.4, 0.5) is 0 Å². The molecule has 0 aromatic carbocycles. The SMILES string of the molecule is CCCOC1C=CCO1.